The Morgan fingerprint density at radius 2 is 2.00 bits per heavy atom. The maximum atomic E-state index is 13.2. The molecule has 2 nitrogen and oxygen atoms in total. The maximum absolute atomic E-state index is 13.2. The van der Waals surface area contributed by atoms with E-state index in [9.17, 15) is 8.78 Å². The molecule has 0 fully saturated rings. The lowest BCUT2D eigenvalue weighted by atomic mass is 10.1. The van der Waals surface area contributed by atoms with E-state index in [1.165, 1.54) is 29.7 Å². The highest BCUT2D eigenvalue weighted by Gasteiger charge is 2.17. The summed E-state index contributed by atoms with van der Waals surface area (Å²) in [5.74, 6) is -1.60. The lowest BCUT2D eigenvalue weighted by Crippen LogP contribution is -2.09. The summed E-state index contributed by atoms with van der Waals surface area (Å²) in [7, 11) is 0. The first kappa shape index (κ1) is 13.3. The molecule has 0 saturated heterocycles. The van der Waals surface area contributed by atoms with Gasteiger partial charge in [-0.2, -0.15) is 0 Å². The number of rotatable bonds is 2. The SMILES string of the molecule is NC1CCCCc2cn(Cc3ccc(F)c(F)c3)cc21. The molecule has 1 unspecified atom stereocenters. The molecule has 106 valence electrons. The Kier molecular flexibility index (Phi) is 3.57. The Bertz CT molecular complexity index is 619. The number of hydrogen-bond acceptors (Lipinski definition) is 1. The van der Waals surface area contributed by atoms with Gasteiger partial charge in [0.15, 0.2) is 11.6 Å². The summed E-state index contributed by atoms with van der Waals surface area (Å²) in [5, 5.41) is 0. The molecular weight excluding hydrogens is 258 g/mol. The van der Waals surface area contributed by atoms with Crippen LogP contribution in [-0.2, 0) is 13.0 Å². The monoisotopic (exact) mass is 276 g/mol. The normalized spacial score (nSPS) is 18.6. The predicted molar refractivity (Wildman–Crippen MR) is 74.4 cm³/mol. The number of aromatic nitrogens is 1. The summed E-state index contributed by atoms with van der Waals surface area (Å²) in [6.07, 6.45) is 8.53. The van der Waals surface area contributed by atoms with Crippen LogP contribution in [0.25, 0.3) is 0 Å². The molecule has 2 aromatic rings. The van der Waals surface area contributed by atoms with Crippen molar-refractivity contribution in [2.45, 2.75) is 38.3 Å². The van der Waals surface area contributed by atoms with Crippen molar-refractivity contribution in [2.24, 2.45) is 5.73 Å². The Morgan fingerprint density at radius 1 is 1.15 bits per heavy atom. The van der Waals surface area contributed by atoms with Crippen molar-refractivity contribution in [3.8, 4) is 0 Å². The van der Waals surface area contributed by atoms with E-state index in [0.29, 0.717) is 6.54 Å². The van der Waals surface area contributed by atoms with Gasteiger partial charge in [0.05, 0.1) is 0 Å². The fraction of sp³-hybridized carbons (Fsp3) is 0.375. The summed E-state index contributed by atoms with van der Waals surface area (Å²) in [4.78, 5) is 0. The van der Waals surface area contributed by atoms with Crippen LogP contribution in [0.2, 0.25) is 0 Å². The largest absolute Gasteiger partial charge is 0.349 e. The van der Waals surface area contributed by atoms with E-state index < -0.39 is 11.6 Å². The van der Waals surface area contributed by atoms with Crippen molar-refractivity contribution >= 4 is 0 Å². The molecule has 1 atom stereocenters. The zero-order chi connectivity index (χ0) is 14.1. The minimum Gasteiger partial charge on any atom is -0.349 e. The molecule has 1 aliphatic rings. The average molecular weight is 276 g/mol. The first-order valence-corrected chi connectivity index (χ1v) is 7.01. The lowest BCUT2D eigenvalue weighted by molar-refractivity contribution is 0.506. The fourth-order valence-corrected chi connectivity index (χ4v) is 2.89. The first-order valence-electron chi connectivity index (χ1n) is 7.01. The van der Waals surface area contributed by atoms with Crippen LogP contribution in [0.15, 0.2) is 30.6 Å². The summed E-state index contributed by atoms with van der Waals surface area (Å²) >= 11 is 0. The molecule has 0 radical (unpaired) electrons. The number of benzene rings is 1. The Morgan fingerprint density at radius 3 is 2.80 bits per heavy atom. The van der Waals surface area contributed by atoms with Crippen LogP contribution >= 0.6 is 0 Å². The van der Waals surface area contributed by atoms with Crippen LogP contribution in [-0.4, -0.2) is 4.57 Å². The second kappa shape index (κ2) is 5.37. The van der Waals surface area contributed by atoms with E-state index in [1.54, 1.807) is 6.07 Å². The minimum atomic E-state index is -0.806. The van der Waals surface area contributed by atoms with Gasteiger partial charge >= 0.3 is 0 Å². The molecular formula is C16H18F2N2. The maximum Gasteiger partial charge on any atom is 0.159 e. The molecule has 20 heavy (non-hydrogen) atoms. The number of nitrogens with zero attached hydrogens (tertiary/aromatic N) is 1. The quantitative estimate of drug-likeness (QED) is 0.836. The van der Waals surface area contributed by atoms with Gasteiger partial charge in [0.1, 0.15) is 0 Å². The van der Waals surface area contributed by atoms with Gasteiger partial charge < -0.3 is 10.3 Å². The van der Waals surface area contributed by atoms with Crippen LogP contribution in [0.3, 0.4) is 0 Å². The second-order valence-electron chi connectivity index (χ2n) is 5.51. The first-order chi connectivity index (χ1) is 9.63. The van der Waals surface area contributed by atoms with E-state index in [2.05, 4.69) is 6.20 Å². The van der Waals surface area contributed by atoms with Crippen molar-refractivity contribution in [2.75, 3.05) is 0 Å². The third kappa shape index (κ3) is 2.61. The van der Waals surface area contributed by atoms with Crippen LogP contribution in [0.1, 0.15) is 42.0 Å². The third-order valence-electron chi connectivity index (χ3n) is 3.96. The third-order valence-corrected chi connectivity index (χ3v) is 3.96. The standard InChI is InChI=1S/C16H18F2N2/c17-14-6-5-11(7-15(14)18)8-20-9-12-3-1-2-4-16(19)13(12)10-20/h5-7,9-10,16H,1-4,8,19H2. The highest BCUT2D eigenvalue weighted by Crippen LogP contribution is 2.28. The van der Waals surface area contributed by atoms with Crippen molar-refractivity contribution < 1.29 is 8.78 Å². The topological polar surface area (TPSA) is 30.9 Å². The minimum absolute atomic E-state index is 0.0960. The van der Waals surface area contributed by atoms with Crippen LogP contribution in [0.4, 0.5) is 8.78 Å². The number of fused-ring (bicyclic) bond motifs is 1. The average Bonchev–Trinajstić information content (AvgIpc) is 2.74. The van der Waals surface area contributed by atoms with Crippen molar-refractivity contribution in [3.63, 3.8) is 0 Å². The second-order valence-corrected chi connectivity index (χ2v) is 5.51. The van der Waals surface area contributed by atoms with E-state index >= 15 is 0 Å². The molecule has 4 heteroatoms. The summed E-state index contributed by atoms with van der Waals surface area (Å²) < 4.78 is 28.2. The number of aryl methyl sites for hydroxylation is 1. The van der Waals surface area contributed by atoms with Gasteiger partial charge in [0.25, 0.3) is 0 Å². The summed E-state index contributed by atoms with van der Waals surface area (Å²) in [6.45, 7) is 0.539. The summed E-state index contributed by atoms with van der Waals surface area (Å²) in [6, 6.07) is 4.13. The molecule has 2 N–H and O–H groups in total. The van der Waals surface area contributed by atoms with Crippen molar-refractivity contribution in [3.05, 3.63) is 58.9 Å². The molecule has 0 bridgehead atoms. The highest BCUT2D eigenvalue weighted by molar-refractivity contribution is 5.30. The van der Waals surface area contributed by atoms with Gasteiger partial charge in [0.2, 0.25) is 0 Å². The zero-order valence-electron chi connectivity index (χ0n) is 11.3. The molecule has 3 rings (SSSR count). The highest BCUT2D eigenvalue weighted by atomic mass is 19.2. The van der Waals surface area contributed by atoms with Gasteiger partial charge in [0, 0.05) is 25.0 Å². The lowest BCUT2D eigenvalue weighted by Gasteiger charge is -2.08. The molecule has 0 amide bonds. The molecule has 0 spiro atoms. The van der Waals surface area contributed by atoms with Crippen LogP contribution in [0.5, 0.6) is 0 Å². The zero-order valence-corrected chi connectivity index (χ0v) is 11.3. The molecule has 0 saturated carbocycles. The molecule has 1 aromatic heterocycles. The van der Waals surface area contributed by atoms with Crippen LogP contribution in [0, 0.1) is 11.6 Å². The summed E-state index contributed by atoms with van der Waals surface area (Å²) in [5.41, 5.74) is 9.42. The Labute approximate surface area is 117 Å². The van der Waals surface area contributed by atoms with Crippen molar-refractivity contribution in [1.82, 2.24) is 4.57 Å². The smallest absolute Gasteiger partial charge is 0.159 e. The molecule has 1 aliphatic carbocycles. The van der Waals surface area contributed by atoms with E-state index in [1.807, 2.05) is 10.8 Å². The fourth-order valence-electron chi connectivity index (χ4n) is 2.89. The predicted octanol–water partition coefficient (Wildman–Crippen LogP) is 3.54. The van der Waals surface area contributed by atoms with Crippen molar-refractivity contribution in [1.29, 1.82) is 0 Å². The van der Waals surface area contributed by atoms with E-state index in [4.69, 9.17) is 5.73 Å². The Balaban J connectivity index is 1.84. The van der Waals surface area contributed by atoms with Gasteiger partial charge in [-0.05, 0) is 48.1 Å². The van der Waals surface area contributed by atoms with Gasteiger partial charge in [-0.25, -0.2) is 8.78 Å². The van der Waals surface area contributed by atoms with Gasteiger partial charge in [-0.15, -0.1) is 0 Å². The number of nitrogens with two attached hydrogens (primary N) is 1. The van der Waals surface area contributed by atoms with Gasteiger partial charge in [-0.1, -0.05) is 12.5 Å². The Hall–Kier alpha value is -1.68. The van der Waals surface area contributed by atoms with E-state index in [-0.39, 0.29) is 6.04 Å². The molecule has 1 aromatic carbocycles. The number of halogens is 2. The number of hydrogen-bond donors (Lipinski definition) is 1. The van der Waals surface area contributed by atoms with Gasteiger partial charge in [-0.3, -0.25) is 0 Å². The van der Waals surface area contributed by atoms with E-state index in [0.717, 1.165) is 24.8 Å². The molecule has 0 aliphatic heterocycles. The molecule has 1 heterocycles. The van der Waals surface area contributed by atoms with Crippen LogP contribution < -0.4 is 5.73 Å².